The van der Waals surface area contributed by atoms with E-state index in [1.165, 1.54) is 0 Å². The molecule has 2 aromatic rings. The molecule has 1 aromatic heterocycles. The van der Waals surface area contributed by atoms with Crippen LogP contribution in [-0.4, -0.2) is 15.7 Å². The van der Waals surface area contributed by atoms with Gasteiger partial charge in [-0.25, -0.2) is 4.98 Å². The summed E-state index contributed by atoms with van der Waals surface area (Å²) in [5, 5.41) is 0. The van der Waals surface area contributed by atoms with E-state index >= 15 is 0 Å². The van der Waals surface area contributed by atoms with Crippen molar-refractivity contribution < 1.29 is 4.74 Å². The third-order valence-corrected chi connectivity index (χ3v) is 4.12. The average molecular weight is 309 g/mol. The van der Waals surface area contributed by atoms with Crippen LogP contribution in [0.15, 0.2) is 18.2 Å². The Morgan fingerprint density at radius 2 is 1.90 bits per heavy atom. The van der Waals surface area contributed by atoms with Crippen LogP contribution < -0.4 is 4.74 Å². The zero-order valence-corrected chi connectivity index (χ0v) is 14.5. The number of ether oxygens (including phenoxy) is 1. The number of hydrogen-bond donors (Lipinski definition) is 0. The molecule has 21 heavy (non-hydrogen) atoms. The van der Waals surface area contributed by atoms with Crippen LogP contribution in [0.1, 0.15) is 53.4 Å². The highest BCUT2D eigenvalue weighted by atomic mass is 35.5. The number of halogens is 1. The standard InChI is InChI=1S/C17H25ClN2O/c1-11(2)21-14-9-7-8-13-16(14)19-15(10-18)20(13)12(3)17(4,5)6/h7-9,11-12H,10H2,1-6H3. The van der Waals surface area contributed by atoms with Crippen molar-refractivity contribution >= 4 is 22.6 Å². The van der Waals surface area contributed by atoms with E-state index in [1.54, 1.807) is 0 Å². The van der Waals surface area contributed by atoms with Crippen molar-refractivity contribution in [1.82, 2.24) is 9.55 Å². The number of imidazole rings is 1. The highest BCUT2D eigenvalue weighted by Gasteiger charge is 2.26. The molecule has 0 aliphatic heterocycles. The van der Waals surface area contributed by atoms with Gasteiger partial charge in [-0.2, -0.15) is 0 Å². The van der Waals surface area contributed by atoms with E-state index in [0.717, 1.165) is 22.6 Å². The number of benzene rings is 1. The van der Waals surface area contributed by atoms with E-state index in [-0.39, 0.29) is 11.5 Å². The van der Waals surface area contributed by atoms with Crippen LogP contribution in [0.2, 0.25) is 0 Å². The molecule has 0 fully saturated rings. The maximum atomic E-state index is 6.13. The molecule has 0 aliphatic rings. The molecule has 0 aliphatic carbocycles. The first kappa shape index (κ1) is 16.2. The minimum absolute atomic E-state index is 0.125. The van der Waals surface area contributed by atoms with Gasteiger partial charge in [0.15, 0.2) is 0 Å². The lowest BCUT2D eigenvalue weighted by Crippen LogP contribution is -2.22. The molecular weight excluding hydrogens is 284 g/mol. The second-order valence-corrected chi connectivity index (χ2v) is 7.13. The van der Waals surface area contributed by atoms with Gasteiger partial charge in [0.2, 0.25) is 0 Å². The van der Waals surface area contributed by atoms with Gasteiger partial charge in [-0.3, -0.25) is 0 Å². The molecule has 0 radical (unpaired) electrons. The molecule has 0 saturated carbocycles. The first-order valence-electron chi connectivity index (χ1n) is 7.48. The molecule has 1 heterocycles. The fraction of sp³-hybridized carbons (Fsp3) is 0.588. The number of rotatable bonds is 4. The van der Waals surface area contributed by atoms with Crippen molar-refractivity contribution in [2.45, 2.75) is 59.6 Å². The van der Waals surface area contributed by atoms with Gasteiger partial charge in [0, 0.05) is 6.04 Å². The Hall–Kier alpha value is -1.22. The molecule has 1 aromatic carbocycles. The molecule has 116 valence electrons. The van der Waals surface area contributed by atoms with Crippen molar-refractivity contribution in [3.8, 4) is 5.75 Å². The summed E-state index contributed by atoms with van der Waals surface area (Å²) in [5.74, 6) is 2.12. The zero-order valence-electron chi connectivity index (χ0n) is 13.8. The van der Waals surface area contributed by atoms with Gasteiger partial charge in [0.25, 0.3) is 0 Å². The van der Waals surface area contributed by atoms with E-state index in [2.05, 4.69) is 38.3 Å². The summed E-state index contributed by atoms with van der Waals surface area (Å²) in [6, 6.07) is 6.38. The Morgan fingerprint density at radius 1 is 1.24 bits per heavy atom. The Morgan fingerprint density at radius 3 is 2.43 bits per heavy atom. The predicted molar refractivity (Wildman–Crippen MR) is 89.2 cm³/mol. The van der Waals surface area contributed by atoms with Crippen molar-refractivity contribution in [3.63, 3.8) is 0 Å². The third kappa shape index (κ3) is 3.18. The fourth-order valence-electron chi connectivity index (χ4n) is 2.40. The molecule has 1 unspecified atom stereocenters. The molecule has 4 heteroatoms. The maximum absolute atomic E-state index is 6.13. The smallest absolute Gasteiger partial charge is 0.147 e. The van der Waals surface area contributed by atoms with E-state index < -0.39 is 0 Å². The highest BCUT2D eigenvalue weighted by Crippen LogP contribution is 2.36. The minimum Gasteiger partial charge on any atom is -0.489 e. The third-order valence-electron chi connectivity index (χ3n) is 3.88. The fourth-order valence-corrected chi connectivity index (χ4v) is 2.59. The first-order valence-corrected chi connectivity index (χ1v) is 8.01. The SMILES string of the molecule is CC(C)Oc1cccc2c1nc(CCl)n2C(C)C(C)(C)C. The molecule has 0 N–H and O–H groups in total. The number of para-hydroxylation sites is 1. The molecular formula is C17H25ClN2O. The second kappa shape index (κ2) is 5.88. The normalized spacial score (nSPS) is 13.9. The number of nitrogens with zero attached hydrogens (tertiary/aromatic N) is 2. The van der Waals surface area contributed by atoms with Gasteiger partial charge in [0.1, 0.15) is 17.1 Å². The van der Waals surface area contributed by atoms with Crippen LogP contribution in [0.4, 0.5) is 0 Å². The quantitative estimate of drug-likeness (QED) is 0.729. The molecule has 2 rings (SSSR count). The maximum Gasteiger partial charge on any atom is 0.147 e. The Kier molecular flexibility index (Phi) is 4.52. The lowest BCUT2D eigenvalue weighted by Gasteiger charge is -2.30. The summed E-state index contributed by atoms with van der Waals surface area (Å²) in [6.07, 6.45) is 0.125. The molecule has 0 amide bonds. The summed E-state index contributed by atoms with van der Waals surface area (Å²) >= 11 is 6.13. The van der Waals surface area contributed by atoms with Crippen LogP contribution in [0.3, 0.4) is 0 Å². The second-order valence-electron chi connectivity index (χ2n) is 6.86. The van der Waals surface area contributed by atoms with E-state index in [1.807, 2.05) is 26.0 Å². The van der Waals surface area contributed by atoms with Crippen LogP contribution in [0, 0.1) is 5.41 Å². The monoisotopic (exact) mass is 308 g/mol. The molecule has 1 atom stereocenters. The first-order chi connectivity index (χ1) is 9.75. The lowest BCUT2D eigenvalue weighted by molar-refractivity contribution is 0.245. The Labute approximate surface area is 132 Å². The van der Waals surface area contributed by atoms with E-state index in [9.17, 15) is 0 Å². The van der Waals surface area contributed by atoms with Gasteiger partial charge >= 0.3 is 0 Å². The van der Waals surface area contributed by atoms with Crippen molar-refractivity contribution in [2.24, 2.45) is 5.41 Å². The van der Waals surface area contributed by atoms with Gasteiger partial charge in [0.05, 0.1) is 17.5 Å². The summed E-state index contributed by atoms with van der Waals surface area (Å²) in [5.41, 5.74) is 2.12. The van der Waals surface area contributed by atoms with E-state index in [4.69, 9.17) is 21.3 Å². The van der Waals surface area contributed by atoms with Crippen molar-refractivity contribution in [3.05, 3.63) is 24.0 Å². The van der Waals surface area contributed by atoms with E-state index in [0.29, 0.717) is 11.9 Å². The Balaban J connectivity index is 2.65. The zero-order chi connectivity index (χ0) is 15.8. The molecule has 0 saturated heterocycles. The summed E-state index contributed by atoms with van der Waals surface area (Å²) in [4.78, 5) is 4.72. The number of hydrogen-bond acceptors (Lipinski definition) is 2. The molecule has 0 bridgehead atoms. The highest BCUT2D eigenvalue weighted by molar-refractivity contribution is 6.16. The molecule has 0 spiro atoms. The topological polar surface area (TPSA) is 27.1 Å². The summed E-state index contributed by atoms with van der Waals surface area (Å²) < 4.78 is 8.13. The molecule has 3 nitrogen and oxygen atoms in total. The van der Waals surface area contributed by atoms with Crippen LogP contribution in [0.5, 0.6) is 5.75 Å². The van der Waals surface area contributed by atoms with Crippen LogP contribution in [-0.2, 0) is 5.88 Å². The minimum atomic E-state index is 0.125. The Bertz CT molecular complexity index is 625. The van der Waals surface area contributed by atoms with Crippen LogP contribution >= 0.6 is 11.6 Å². The van der Waals surface area contributed by atoms with Crippen molar-refractivity contribution in [2.75, 3.05) is 0 Å². The largest absolute Gasteiger partial charge is 0.489 e. The van der Waals surface area contributed by atoms with Crippen LogP contribution in [0.25, 0.3) is 11.0 Å². The van der Waals surface area contributed by atoms with Gasteiger partial charge in [-0.05, 0) is 38.3 Å². The predicted octanol–water partition coefficient (Wildman–Crippen LogP) is 5.17. The lowest BCUT2D eigenvalue weighted by atomic mass is 9.87. The average Bonchev–Trinajstić information content (AvgIpc) is 2.75. The number of fused-ring (bicyclic) bond motifs is 1. The summed E-state index contributed by atoms with van der Waals surface area (Å²) in [7, 11) is 0. The van der Waals surface area contributed by atoms with Crippen molar-refractivity contribution in [1.29, 1.82) is 0 Å². The summed E-state index contributed by atoms with van der Waals surface area (Å²) in [6.45, 7) is 13.0. The number of alkyl halides is 1. The van der Waals surface area contributed by atoms with Gasteiger partial charge in [-0.1, -0.05) is 26.8 Å². The van der Waals surface area contributed by atoms with Gasteiger partial charge in [-0.15, -0.1) is 11.6 Å². The van der Waals surface area contributed by atoms with Gasteiger partial charge < -0.3 is 9.30 Å². The number of aromatic nitrogens is 2.